The van der Waals surface area contributed by atoms with Crippen molar-refractivity contribution >= 4 is 47.5 Å². The van der Waals surface area contributed by atoms with Gasteiger partial charge in [-0.1, -0.05) is 12.1 Å². The van der Waals surface area contributed by atoms with E-state index in [-0.39, 0.29) is 5.75 Å². The minimum absolute atomic E-state index is 0.355. The summed E-state index contributed by atoms with van der Waals surface area (Å²) in [7, 11) is 0. The van der Waals surface area contributed by atoms with E-state index in [0.717, 1.165) is 54.5 Å². The van der Waals surface area contributed by atoms with Gasteiger partial charge in [-0.15, -0.1) is 0 Å². The standard InChI is InChI=1S/C32H39NO20/c1-14(34)43-12-23-25(45-16(3)36)27(46-17(4)37)30(49-20(7)40)32(52-23)53-26-24(13-44-15(2)35)51-31(29(48-19(6)39)28(26)47-18(5)38)50-22-11-9-8-10-21(22)33(41)42/h8-11,23-32H,12-13H2,1-7H3/t23?,24?,25-,26-,27?,28?,29?,30?,31-,32+/m1/s1. The number of nitro groups is 1. The Morgan fingerprint density at radius 2 is 0.962 bits per heavy atom. The van der Waals surface area contributed by atoms with Crippen molar-refractivity contribution in [3.8, 4) is 5.75 Å². The number of hydrogen-bond donors (Lipinski definition) is 0. The first kappa shape index (κ1) is 42.0. The Hall–Kier alpha value is -5.41. The molecule has 0 aliphatic carbocycles. The molecule has 0 aromatic heterocycles. The summed E-state index contributed by atoms with van der Waals surface area (Å²) in [6, 6.07) is 5.10. The fourth-order valence-electron chi connectivity index (χ4n) is 5.40. The number of para-hydroxylation sites is 2. The van der Waals surface area contributed by atoms with Crippen LogP contribution in [0.25, 0.3) is 0 Å². The molecule has 292 valence electrons. The summed E-state index contributed by atoms with van der Waals surface area (Å²) in [5.41, 5.74) is -0.519. The number of nitro benzene ring substituents is 1. The summed E-state index contributed by atoms with van der Waals surface area (Å²) < 4.78 is 61.7. The SMILES string of the molecule is CC(=O)OCC1O[C@@H](O[C@@H]2C(COC(C)=O)O[C@@H](Oc3ccccc3[N+](=O)[O-])C(OC(C)=O)C2OC(C)=O)C(OC(C)=O)C(OC(C)=O)[C@@H]1OC(C)=O. The van der Waals surface area contributed by atoms with Gasteiger partial charge in [-0.3, -0.25) is 43.7 Å². The zero-order valence-corrected chi connectivity index (χ0v) is 29.6. The second-order valence-electron chi connectivity index (χ2n) is 11.5. The Morgan fingerprint density at radius 3 is 1.43 bits per heavy atom. The predicted molar refractivity (Wildman–Crippen MR) is 167 cm³/mol. The molecule has 1 aromatic rings. The van der Waals surface area contributed by atoms with Crippen LogP contribution in [0.4, 0.5) is 5.69 Å². The molecule has 6 unspecified atom stereocenters. The number of carbonyl (C=O) groups excluding carboxylic acids is 7. The summed E-state index contributed by atoms with van der Waals surface area (Å²) >= 11 is 0. The lowest BCUT2D eigenvalue weighted by molar-refractivity contribution is -0.387. The molecular weight excluding hydrogens is 718 g/mol. The van der Waals surface area contributed by atoms with Crippen LogP contribution in [-0.2, 0) is 80.9 Å². The summed E-state index contributed by atoms with van der Waals surface area (Å²) in [6.07, 6.45) is -16.9. The number of nitrogens with zero attached hydrogens (tertiary/aromatic N) is 1. The average molecular weight is 758 g/mol. The highest BCUT2D eigenvalue weighted by Gasteiger charge is 2.58. The van der Waals surface area contributed by atoms with Crippen LogP contribution < -0.4 is 4.74 Å². The van der Waals surface area contributed by atoms with E-state index in [1.165, 1.54) is 18.2 Å². The first-order chi connectivity index (χ1) is 24.9. The number of benzene rings is 1. The Kier molecular flexibility index (Phi) is 15.0. The van der Waals surface area contributed by atoms with E-state index in [4.69, 9.17) is 52.1 Å². The molecule has 1 aromatic carbocycles. The highest BCUT2D eigenvalue weighted by molar-refractivity contribution is 5.69. The quantitative estimate of drug-likeness (QED) is 0.109. The van der Waals surface area contributed by atoms with E-state index < -0.39 is 127 Å². The Bertz CT molecular complexity index is 1550. The Labute approximate surface area is 301 Å². The van der Waals surface area contributed by atoms with Crippen LogP contribution in [0.2, 0.25) is 0 Å². The molecule has 21 nitrogen and oxygen atoms in total. The first-order valence-electron chi connectivity index (χ1n) is 15.9. The maximum atomic E-state index is 12.6. The van der Waals surface area contributed by atoms with Crippen LogP contribution in [0.15, 0.2) is 24.3 Å². The highest BCUT2D eigenvalue weighted by atomic mass is 16.8. The molecule has 21 heteroatoms. The molecular formula is C32H39NO20. The number of ether oxygens (including phenoxy) is 11. The molecule has 2 fully saturated rings. The van der Waals surface area contributed by atoms with E-state index in [1.807, 2.05) is 0 Å². The molecule has 10 atom stereocenters. The molecule has 0 saturated carbocycles. The van der Waals surface area contributed by atoms with Gasteiger partial charge in [0.1, 0.15) is 31.5 Å². The van der Waals surface area contributed by atoms with Gasteiger partial charge in [-0.25, -0.2) is 0 Å². The van der Waals surface area contributed by atoms with Crippen LogP contribution in [-0.4, -0.2) is 121 Å². The third-order valence-electron chi connectivity index (χ3n) is 7.19. The fraction of sp³-hybridized carbons (Fsp3) is 0.594. The van der Waals surface area contributed by atoms with E-state index in [2.05, 4.69) is 0 Å². The minimum Gasteiger partial charge on any atom is -0.463 e. The fourth-order valence-corrected chi connectivity index (χ4v) is 5.40. The van der Waals surface area contributed by atoms with Gasteiger partial charge >= 0.3 is 47.5 Å². The Balaban J connectivity index is 2.20. The maximum absolute atomic E-state index is 12.6. The minimum atomic E-state index is -1.88. The number of esters is 7. The molecule has 3 rings (SSSR count). The summed E-state index contributed by atoms with van der Waals surface area (Å²) in [6.45, 7) is 5.84. The molecule has 53 heavy (non-hydrogen) atoms. The van der Waals surface area contributed by atoms with Crippen molar-refractivity contribution in [2.75, 3.05) is 13.2 Å². The molecule has 2 heterocycles. The molecule has 2 aliphatic heterocycles. The number of hydrogen-bond acceptors (Lipinski definition) is 20. The molecule has 0 spiro atoms. The van der Waals surface area contributed by atoms with Crippen molar-refractivity contribution in [3.63, 3.8) is 0 Å². The molecule has 2 aliphatic rings. The van der Waals surface area contributed by atoms with Crippen molar-refractivity contribution in [2.45, 2.75) is 110 Å². The van der Waals surface area contributed by atoms with E-state index in [9.17, 15) is 43.7 Å². The largest absolute Gasteiger partial charge is 0.463 e. The van der Waals surface area contributed by atoms with Crippen molar-refractivity contribution < 1.29 is 90.6 Å². The van der Waals surface area contributed by atoms with Crippen LogP contribution in [0.3, 0.4) is 0 Å². The van der Waals surface area contributed by atoms with Gasteiger partial charge in [0.15, 0.2) is 36.5 Å². The zero-order valence-electron chi connectivity index (χ0n) is 29.6. The van der Waals surface area contributed by atoms with Gasteiger partial charge < -0.3 is 52.1 Å². The Morgan fingerprint density at radius 1 is 0.566 bits per heavy atom. The van der Waals surface area contributed by atoms with Gasteiger partial charge in [0, 0.05) is 54.5 Å². The monoisotopic (exact) mass is 757 g/mol. The van der Waals surface area contributed by atoms with Crippen molar-refractivity contribution in [1.82, 2.24) is 0 Å². The van der Waals surface area contributed by atoms with E-state index in [0.29, 0.717) is 0 Å². The van der Waals surface area contributed by atoms with Gasteiger partial charge in [0.25, 0.3) is 0 Å². The smallest absolute Gasteiger partial charge is 0.311 e. The third-order valence-corrected chi connectivity index (χ3v) is 7.19. The van der Waals surface area contributed by atoms with Crippen LogP contribution in [0.1, 0.15) is 48.5 Å². The van der Waals surface area contributed by atoms with Crippen LogP contribution in [0, 0.1) is 10.1 Å². The normalized spacial score (nSPS) is 27.9. The first-order valence-corrected chi connectivity index (χ1v) is 15.9. The van der Waals surface area contributed by atoms with Gasteiger partial charge in [0.2, 0.25) is 12.4 Å². The lowest BCUT2D eigenvalue weighted by Gasteiger charge is -2.48. The van der Waals surface area contributed by atoms with Crippen molar-refractivity contribution in [1.29, 1.82) is 0 Å². The maximum Gasteiger partial charge on any atom is 0.311 e. The zero-order chi connectivity index (χ0) is 39.6. The average Bonchev–Trinajstić information content (AvgIpc) is 3.03. The van der Waals surface area contributed by atoms with Gasteiger partial charge in [-0.05, 0) is 6.07 Å². The molecule has 0 N–H and O–H groups in total. The molecule has 0 amide bonds. The van der Waals surface area contributed by atoms with E-state index in [1.54, 1.807) is 0 Å². The topological polar surface area (TPSA) is 264 Å². The summed E-state index contributed by atoms with van der Waals surface area (Å²) in [5, 5.41) is 11.8. The van der Waals surface area contributed by atoms with E-state index >= 15 is 0 Å². The van der Waals surface area contributed by atoms with Gasteiger partial charge in [-0.2, -0.15) is 0 Å². The lowest BCUT2D eigenvalue weighted by atomic mass is 9.96. The van der Waals surface area contributed by atoms with Crippen LogP contribution in [0.5, 0.6) is 5.75 Å². The van der Waals surface area contributed by atoms with Crippen LogP contribution >= 0.6 is 0 Å². The van der Waals surface area contributed by atoms with Gasteiger partial charge in [0.05, 0.1) is 4.92 Å². The van der Waals surface area contributed by atoms with Crippen molar-refractivity contribution in [3.05, 3.63) is 34.4 Å². The van der Waals surface area contributed by atoms with Crippen molar-refractivity contribution in [2.24, 2.45) is 0 Å². The number of carbonyl (C=O) groups is 7. The lowest BCUT2D eigenvalue weighted by Crippen LogP contribution is -2.67. The summed E-state index contributed by atoms with van der Waals surface area (Å²) in [5.74, 6) is -6.69. The second kappa shape index (κ2) is 18.9. The second-order valence-corrected chi connectivity index (χ2v) is 11.5. The molecule has 0 bridgehead atoms. The third kappa shape index (κ3) is 12.1. The summed E-state index contributed by atoms with van der Waals surface area (Å²) in [4.78, 5) is 96.6. The number of rotatable bonds is 14. The molecule has 2 saturated heterocycles. The predicted octanol–water partition coefficient (Wildman–Crippen LogP) is 0.593. The highest BCUT2D eigenvalue weighted by Crippen LogP contribution is 2.37. The molecule has 0 radical (unpaired) electrons.